The van der Waals surface area contributed by atoms with E-state index in [-0.39, 0.29) is 17.4 Å². The molecule has 0 unspecified atom stereocenters. The molecule has 1 spiro atoms. The monoisotopic (exact) mass is 306 g/mol. The van der Waals surface area contributed by atoms with Gasteiger partial charge in [-0.25, -0.2) is 0 Å². The van der Waals surface area contributed by atoms with E-state index < -0.39 is 0 Å². The lowest BCUT2D eigenvalue weighted by atomic mass is 9.72. The Morgan fingerprint density at radius 1 is 1.45 bits per heavy atom. The third-order valence-electron chi connectivity index (χ3n) is 4.60. The zero-order valence-electron chi connectivity index (χ0n) is 12.6. The lowest BCUT2D eigenvalue weighted by molar-refractivity contribution is -0.123. The number of nitrogens with two attached hydrogens (primary N) is 1. The molecular formula is C14H22N6O2. The Labute approximate surface area is 129 Å². The molecule has 8 heteroatoms. The maximum Gasteiger partial charge on any atom is 0.276 e. The van der Waals surface area contributed by atoms with Crippen molar-refractivity contribution in [3.8, 4) is 0 Å². The highest BCUT2D eigenvalue weighted by molar-refractivity contribution is 5.93. The summed E-state index contributed by atoms with van der Waals surface area (Å²) in [5.74, 6) is -0.100. The molecule has 120 valence electrons. The zero-order chi connectivity index (χ0) is 15.6. The molecule has 22 heavy (non-hydrogen) atoms. The highest BCUT2D eigenvalue weighted by atomic mass is 16.2. The van der Waals surface area contributed by atoms with Crippen molar-refractivity contribution in [3.05, 3.63) is 11.9 Å². The van der Waals surface area contributed by atoms with Gasteiger partial charge in [-0.2, -0.15) is 0 Å². The fraction of sp³-hybridized carbons (Fsp3) is 0.714. The summed E-state index contributed by atoms with van der Waals surface area (Å²) >= 11 is 0. The van der Waals surface area contributed by atoms with Gasteiger partial charge < -0.3 is 16.0 Å². The van der Waals surface area contributed by atoms with Crippen LogP contribution in [-0.4, -0.2) is 56.9 Å². The third kappa shape index (κ3) is 2.70. The zero-order valence-corrected chi connectivity index (χ0v) is 12.6. The summed E-state index contributed by atoms with van der Waals surface area (Å²) in [6, 6.07) is 0. The van der Waals surface area contributed by atoms with Crippen LogP contribution in [0, 0.1) is 0 Å². The minimum atomic E-state index is -0.321. The van der Waals surface area contributed by atoms with Gasteiger partial charge in [-0.05, 0) is 32.2 Å². The molecule has 2 heterocycles. The molecule has 1 aromatic heterocycles. The first kappa shape index (κ1) is 15.0. The van der Waals surface area contributed by atoms with Crippen LogP contribution in [0.5, 0.6) is 0 Å². The summed E-state index contributed by atoms with van der Waals surface area (Å²) in [6.07, 6.45) is 5.68. The van der Waals surface area contributed by atoms with Crippen LogP contribution in [0.15, 0.2) is 6.20 Å². The first-order valence-electron chi connectivity index (χ1n) is 7.83. The molecule has 3 N–H and O–H groups in total. The molecule has 1 aliphatic carbocycles. The molecule has 2 amide bonds. The number of rotatable bonds is 4. The minimum absolute atomic E-state index is 0.0293. The van der Waals surface area contributed by atoms with Crippen LogP contribution >= 0.6 is 0 Å². The smallest absolute Gasteiger partial charge is 0.276 e. The van der Waals surface area contributed by atoms with Gasteiger partial charge in [0, 0.05) is 26.1 Å². The molecule has 2 fully saturated rings. The van der Waals surface area contributed by atoms with Crippen molar-refractivity contribution in [1.29, 1.82) is 0 Å². The molecule has 3 rings (SSSR count). The number of aryl methyl sites for hydroxylation is 1. The Balaban J connectivity index is 1.77. The number of nitrogens with zero attached hydrogens (tertiary/aromatic N) is 4. The Hall–Kier alpha value is -1.96. The Morgan fingerprint density at radius 2 is 2.27 bits per heavy atom. The van der Waals surface area contributed by atoms with Gasteiger partial charge in [0.1, 0.15) is 0 Å². The van der Waals surface area contributed by atoms with E-state index in [0.29, 0.717) is 38.3 Å². The third-order valence-corrected chi connectivity index (χ3v) is 4.60. The quantitative estimate of drug-likeness (QED) is 0.781. The molecule has 1 saturated heterocycles. The Bertz CT molecular complexity index is 565. The van der Waals surface area contributed by atoms with Crippen molar-refractivity contribution >= 4 is 11.8 Å². The van der Waals surface area contributed by atoms with E-state index in [1.807, 2.05) is 4.90 Å². The average molecular weight is 306 g/mol. The molecule has 0 atom stereocenters. The van der Waals surface area contributed by atoms with Crippen molar-refractivity contribution in [2.45, 2.75) is 44.2 Å². The van der Waals surface area contributed by atoms with Crippen molar-refractivity contribution in [2.75, 3.05) is 19.6 Å². The molecule has 0 bridgehead atoms. The van der Waals surface area contributed by atoms with E-state index >= 15 is 0 Å². The lowest BCUT2D eigenvalue weighted by Crippen LogP contribution is -2.56. The average Bonchev–Trinajstić information content (AvgIpc) is 2.86. The summed E-state index contributed by atoms with van der Waals surface area (Å²) in [5, 5.41) is 10.8. The van der Waals surface area contributed by atoms with Crippen LogP contribution in [0.4, 0.5) is 0 Å². The largest absolute Gasteiger partial charge is 0.354 e. The fourth-order valence-corrected chi connectivity index (χ4v) is 3.25. The number of carbonyl (C=O) groups excluding carboxylic acids is 2. The highest BCUT2D eigenvalue weighted by Gasteiger charge is 2.47. The maximum absolute atomic E-state index is 12.8. The van der Waals surface area contributed by atoms with Crippen molar-refractivity contribution in [2.24, 2.45) is 5.73 Å². The van der Waals surface area contributed by atoms with Gasteiger partial charge in [0.25, 0.3) is 5.91 Å². The van der Waals surface area contributed by atoms with Crippen molar-refractivity contribution < 1.29 is 9.59 Å². The standard InChI is InChI=1S/C14H22N6O2/c15-5-2-7-19-10-11(17-18-19)13(22)20-8-6-16-12(21)9-14(20)3-1-4-14/h10H,1-9,15H2,(H,16,21). The number of nitrogens with one attached hydrogen (secondary N) is 1. The van der Waals surface area contributed by atoms with Crippen LogP contribution in [0.25, 0.3) is 0 Å². The molecule has 0 aromatic carbocycles. The van der Waals surface area contributed by atoms with Crippen LogP contribution < -0.4 is 11.1 Å². The van der Waals surface area contributed by atoms with Crippen LogP contribution in [0.1, 0.15) is 42.6 Å². The second kappa shape index (κ2) is 6.04. The predicted octanol–water partition coefficient (Wildman–Crippen LogP) is -0.488. The van der Waals surface area contributed by atoms with E-state index in [4.69, 9.17) is 5.73 Å². The normalized spacial score (nSPS) is 20.4. The van der Waals surface area contributed by atoms with Gasteiger partial charge >= 0.3 is 0 Å². The molecule has 1 aromatic rings. The van der Waals surface area contributed by atoms with Gasteiger partial charge in [0.15, 0.2) is 5.69 Å². The van der Waals surface area contributed by atoms with Gasteiger partial charge in [0.05, 0.1) is 11.7 Å². The topological polar surface area (TPSA) is 106 Å². The molecule has 1 saturated carbocycles. The maximum atomic E-state index is 12.8. The first-order valence-corrected chi connectivity index (χ1v) is 7.83. The van der Waals surface area contributed by atoms with Gasteiger partial charge in [-0.1, -0.05) is 5.21 Å². The summed E-state index contributed by atoms with van der Waals surface area (Å²) in [7, 11) is 0. The first-order chi connectivity index (χ1) is 10.6. The lowest BCUT2D eigenvalue weighted by Gasteiger charge is -2.48. The van der Waals surface area contributed by atoms with E-state index in [9.17, 15) is 9.59 Å². The van der Waals surface area contributed by atoms with Crippen molar-refractivity contribution in [1.82, 2.24) is 25.2 Å². The number of carbonyl (C=O) groups is 2. The molecule has 8 nitrogen and oxygen atoms in total. The number of amides is 2. The number of hydrogen-bond donors (Lipinski definition) is 2. The Morgan fingerprint density at radius 3 is 2.95 bits per heavy atom. The van der Waals surface area contributed by atoms with Crippen LogP contribution in [-0.2, 0) is 11.3 Å². The van der Waals surface area contributed by atoms with Crippen molar-refractivity contribution in [3.63, 3.8) is 0 Å². The summed E-state index contributed by atoms with van der Waals surface area (Å²) < 4.78 is 1.65. The Kier molecular flexibility index (Phi) is 4.10. The predicted molar refractivity (Wildman–Crippen MR) is 78.9 cm³/mol. The summed E-state index contributed by atoms with van der Waals surface area (Å²) in [4.78, 5) is 26.5. The minimum Gasteiger partial charge on any atom is -0.354 e. The van der Waals surface area contributed by atoms with Crippen LogP contribution in [0.2, 0.25) is 0 Å². The van der Waals surface area contributed by atoms with E-state index in [1.165, 1.54) is 0 Å². The molecule has 1 aliphatic heterocycles. The number of aromatic nitrogens is 3. The molecule has 0 radical (unpaired) electrons. The highest BCUT2D eigenvalue weighted by Crippen LogP contribution is 2.41. The van der Waals surface area contributed by atoms with E-state index in [1.54, 1.807) is 10.9 Å². The van der Waals surface area contributed by atoms with Gasteiger partial charge in [-0.3, -0.25) is 14.3 Å². The van der Waals surface area contributed by atoms with Gasteiger partial charge in [0.2, 0.25) is 5.91 Å². The fourth-order valence-electron chi connectivity index (χ4n) is 3.25. The van der Waals surface area contributed by atoms with E-state index in [0.717, 1.165) is 25.7 Å². The number of hydrogen-bond acceptors (Lipinski definition) is 5. The summed E-state index contributed by atoms with van der Waals surface area (Å²) in [5.41, 5.74) is 5.50. The van der Waals surface area contributed by atoms with E-state index in [2.05, 4.69) is 15.6 Å². The SMILES string of the molecule is NCCCn1cc(C(=O)N2CCNC(=O)CC23CCC3)nn1. The molecule has 2 aliphatic rings. The van der Waals surface area contributed by atoms with Crippen LogP contribution in [0.3, 0.4) is 0 Å². The second-order valence-electron chi connectivity index (χ2n) is 6.07. The summed E-state index contributed by atoms with van der Waals surface area (Å²) in [6.45, 7) is 2.25. The van der Waals surface area contributed by atoms with Gasteiger partial charge in [-0.15, -0.1) is 5.10 Å². The second-order valence-corrected chi connectivity index (χ2v) is 6.07. The molecular weight excluding hydrogens is 284 g/mol.